The highest BCUT2D eigenvalue weighted by molar-refractivity contribution is 6.22. The predicted molar refractivity (Wildman–Crippen MR) is 75.3 cm³/mol. The summed E-state index contributed by atoms with van der Waals surface area (Å²) in [7, 11) is 0. The molecular weight excluding hydrogens is 285 g/mol. The third-order valence-corrected chi connectivity index (χ3v) is 5.83. The van der Waals surface area contributed by atoms with Gasteiger partial charge in [0.2, 0.25) is 11.8 Å². The first-order valence-electron chi connectivity index (χ1n) is 7.62. The number of benzene rings is 1. The van der Waals surface area contributed by atoms with E-state index in [9.17, 15) is 19.1 Å². The number of imide groups is 1. The highest BCUT2D eigenvalue weighted by Gasteiger charge is 2.67. The average Bonchev–Trinajstić information content (AvgIpc) is 3.26. The van der Waals surface area contributed by atoms with Gasteiger partial charge >= 0.3 is 0 Å². The van der Waals surface area contributed by atoms with Gasteiger partial charge in [-0.15, -0.1) is 0 Å². The van der Waals surface area contributed by atoms with Crippen molar-refractivity contribution in [2.45, 2.75) is 6.42 Å². The molecule has 2 amide bonds. The molecule has 5 heteroatoms. The van der Waals surface area contributed by atoms with Gasteiger partial charge in [-0.2, -0.15) is 0 Å². The van der Waals surface area contributed by atoms with Gasteiger partial charge in [0.15, 0.2) is 5.82 Å². The van der Waals surface area contributed by atoms with Crippen molar-refractivity contribution in [3.8, 4) is 5.75 Å². The van der Waals surface area contributed by atoms with E-state index in [2.05, 4.69) is 12.2 Å². The van der Waals surface area contributed by atoms with Crippen LogP contribution in [-0.2, 0) is 9.59 Å². The van der Waals surface area contributed by atoms with Gasteiger partial charge in [0.1, 0.15) is 5.75 Å². The molecule has 1 aliphatic heterocycles. The van der Waals surface area contributed by atoms with Gasteiger partial charge in [-0.05, 0) is 42.2 Å². The van der Waals surface area contributed by atoms with E-state index >= 15 is 0 Å². The molecule has 0 spiro atoms. The van der Waals surface area contributed by atoms with E-state index in [0.29, 0.717) is 11.8 Å². The molecule has 4 nitrogen and oxygen atoms in total. The zero-order valence-corrected chi connectivity index (χ0v) is 11.6. The van der Waals surface area contributed by atoms with Gasteiger partial charge < -0.3 is 5.11 Å². The van der Waals surface area contributed by atoms with Gasteiger partial charge in [-0.25, -0.2) is 9.29 Å². The molecule has 4 aliphatic carbocycles. The standard InChI is InChI=1S/C17H14FNO3/c18-12-5-7(20)1-4-13(12)19-16(21)14-8-2-3-9(11-6-10(8)11)15(14)17(19)22/h1-5,8-11,14-15,20H,6H2. The van der Waals surface area contributed by atoms with Crippen molar-refractivity contribution in [3.63, 3.8) is 0 Å². The molecule has 1 aromatic rings. The topological polar surface area (TPSA) is 57.6 Å². The molecule has 1 N–H and O–H groups in total. The smallest absolute Gasteiger partial charge is 0.238 e. The number of allylic oxidation sites excluding steroid dienone is 2. The van der Waals surface area contributed by atoms with Crippen molar-refractivity contribution in [2.24, 2.45) is 35.5 Å². The first-order valence-corrected chi connectivity index (χ1v) is 7.62. The third-order valence-electron chi connectivity index (χ3n) is 5.83. The number of carbonyl (C=O) groups excluding carboxylic acids is 2. The molecule has 5 aliphatic rings. The number of hydrogen-bond acceptors (Lipinski definition) is 3. The van der Waals surface area contributed by atoms with Crippen LogP contribution in [0, 0.1) is 41.3 Å². The minimum absolute atomic E-state index is 0.0460. The second-order valence-electron chi connectivity index (χ2n) is 6.80. The van der Waals surface area contributed by atoms with Crippen molar-refractivity contribution < 1.29 is 19.1 Å². The van der Waals surface area contributed by atoms with Gasteiger partial charge in [0.25, 0.3) is 0 Å². The molecule has 0 aromatic heterocycles. The van der Waals surface area contributed by atoms with E-state index in [4.69, 9.17) is 0 Å². The lowest BCUT2D eigenvalue weighted by Gasteiger charge is -2.37. The van der Waals surface area contributed by atoms with E-state index in [1.165, 1.54) is 12.1 Å². The van der Waals surface area contributed by atoms with Gasteiger partial charge in [0.05, 0.1) is 17.5 Å². The number of anilines is 1. The summed E-state index contributed by atoms with van der Waals surface area (Å²) in [5.41, 5.74) is -0.0460. The highest BCUT2D eigenvalue weighted by Crippen LogP contribution is 2.65. The molecule has 2 bridgehead atoms. The van der Waals surface area contributed by atoms with Crippen LogP contribution in [0.4, 0.5) is 10.1 Å². The zero-order valence-electron chi connectivity index (χ0n) is 11.6. The Hall–Kier alpha value is -2.17. The summed E-state index contributed by atoms with van der Waals surface area (Å²) in [6, 6.07) is 3.53. The van der Waals surface area contributed by atoms with Crippen molar-refractivity contribution in [2.75, 3.05) is 4.90 Å². The number of phenols is 1. The first kappa shape index (κ1) is 12.4. The van der Waals surface area contributed by atoms with Crippen LogP contribution in [0.2, 0.25) is 0 Å². The van der Waals surface area contributed by atoms with E-state index < -0.39 is 5.82 Å². The second-order valence-corrected chi connectivity index (χ2v) is 6.80. The Balaban J connectivity index is 1.60. The number of halogens is 1. The van der Waals surface area contributed by atoms with Crippen LogP contribution in [0.3, 0.4) is 0 Å². The Bertz CT molecular complexity index is 722. The Kier molecular flexibility index (Phi) is 2.12. The number of nitrogens with zero attached hydrogens (tertiary/aromatic N) is 1. The molecule has 112 valence electrons. The largest absolute Gasteiger partial charge is 0.508 e. The summed E-state index contributed by atoms with van der Waals surface area (Å²) in [6.45, 7) is 0. The minimum atomic E-state index is -0.745. The summed E-state index contributed by atoms with van der Waals surface area (Å²) in [5, 5.41) is 9.31. The first-order chi connectivity index (χ1) is 10.6. The zero-order chi connectivity index (χ0) is 15.2. The highest BCUT2D eigenvalue weighted by atomic mass is 19.1. The fourth-order valence-electron chi connectivity index (χ4n) is 4.87. The SMILES string of the molecule is O=C1C2C3C=CC(C4CC34)C2C(=O)N1c1ccc(O)cc1F. The lowest BCUT2D eigenvalue weighted by molar-refractivity contribution is -0.124. The number of phenolic OH excluding ortho intramolecular Hbond substituents is 1. The molecule has 6 unspecified atom stereocenters. The molecule has 22 heavy (non-hydrogen) atoms. The predicted octanol–water partition coefficient (Wildman–Crippen LogP) is 2.09. The maximum atomic E-state index is 14.1. The molecule has 1 aromatic carbocycles. The lowest BCUT2D eigenvalue weighted by Crippen LogP contribution is -2.40. The molecular formula is C17H14FNO3. The van der Waals surface area contributed by atoms with Crippen molar-refractivity contribution in [3.05, 3.63) is 36.2 Å². The third kappa shape index (κ3) is 1.32. The monoisotopic (exact) mass is 299 g/mol. The van der Waals surface area contributed by atoms with Crippen LogP contribution >= 0.6 is 0 Å². The second kappa shape index (κ2) is 3.77. The van der Waals surface area contributed by atoms with Crippen LogP contribution in [0.15, 0.2) is 30.4 Å². The van der Waals surface area contributed by atoms with E-state index in [-0.39, 0.29) is 46.9 Å². The Morgan fingerprint density at radius 3 is 2.18 bits per heavy atom. The summed E-state index contributed by atoms with van der Waals surface area (Å²) in [4.78, 5) is 26.6. The van der Waals surface area contributed by atoms with E-state index in [0.717, 1.165) is 17.4 Å². The Morgan fingerprint density at radius 1 is 1.05 bits per heavy atom. The van der Waals surface area contributed by atoms with Crippen molar-refractivity contribution >= 4 is 17.5 Å². The number of carbonyl (C=O) groups is 2. The summed E-state index contributed by atoms with van der Waals surface area (Å²) in [5.74, 6) is -0.905. The lowest BCUT2D eigenvalue weighted by atomic mass is 9.63. The number of amides is 2. The molecule has 1 heterocycles. The van der Waals surface area contributed by atoms with Crippen LogP contribution < -0.4 is 4.90 Å². The molecule has 6 atom stereocenters. The molecule has 1 saturated heterocycles. The molecule has 6 rings (SSSR count). The summed E-state index contributed by atoms with van der Waals surface area (Å²) < 4.78 is 14.1. The number of aromatic hydroxyl groups is 1. The minimum Gasteiger partial charge on any atom is -0.508 e. The van der Waals surface area contributed by atoms with Crippen LogP contribution in [0.5, 0.6) is 5.75 Å². The fraction of sp³-hybridized carbons (Fsp3) is 0.412. The van der Waals surface area contributed by atoms with E-state index in [1.54, 1.807) is 0 Å². The van der Waals surface area contributed by atoms with Crippen molar-refractivity contribution in [1.82, 2.24) is 0 Å². The average molecular weight is 299 g/mol. The number of rotatable bonds is 1. The van der Waals surface area contributed by atoms with Crippen LogP contribution in [-0.4, -0.2) is 16.9 Å². The fourth-order valence-corrected chi connectivity index (χ4v) is 4.87. The molecule has 2 saturated carbocycles. The Morgan fingerprint density at radius 2 is 1.64 bits per heavy atom. The molecule has 0 radical (unpaired) electrons. The van der Waals surface area contributed by atoms with E-state index in [1.807, 2.05) is 0 Å². The van der Waals surface area contributed by atoms with Gasteiger partial charge in [0, 0.05) is 6.07 Å². The van der Waals surface area contributed by atoms with Gasteiger partial charge in [-0.1, -0.05) is 12.2 Å². The quantitative estimate of drug-likeness (QED) is 0.638. The normalized spacial score (nSPS) is 40.9. The maximum Gasteiger partial charge on any atom is 0.238 e. The number of hydrogen-bond donors (Lipinski definition) is 1. The maximum absolute atomic E-state index is 14.1. The van der Waals surface area contributed by atoms with Crippen LogP contribution in [0.1, 0.15) is 6.42 Å². The van der Waals surface area contributed by atoms with Crippen molar-refractivity contribution in [1.29, 1.82) is 0 Å². The summed E-state index contributed by atoms with van der Waals surface area (Å²) >= 11 is 0. The summed E-state index contributed by atoms with van der Waals surface area (Å²) in [6.07, 6.45) is 5.27. The van der Waals surface area contributed by atoms with Crippen LogP contribution in [0.25, 0.3) is 0 Å². The van der Waals surface area contributed by atoms with Gasteiger partial charge in [-0.3, -0.25) is 9.59 Å². The Labute approximate surface area is 126 Å². The molecule has 3 fully saturated rings.